The van der Waals surface area contributed by atoms with Crippen molar-refractivity contribution < 1.29 is 0 Å². The molecule has 148 valence electrons. The lowest BCUT2D eigenvalue weighted by Crippen LogP contribution is -1.81. The highest BCUT2D eigenvalue weighted by Gasteiger charge is 2.19. The Kier molecular flexibility index (Phi) is 3.65. The predicted octanol–water partition coefficient (Wildman–Crippen LogP) is 8.96. The Balaban J connectivity index is 0.000000113. The first-order chi connectivity index (χ1) is 15.9. The maximum absolute atomic E-state index is 2.28. The molecule has 0 amide bonds. The number of hydrogen-bond acceptors (Lipinski definition) is 0. The van der Waals surface area contributed by atoms with Gasteiger partial charge < -0.3 is 0 Å². The minimum Gasteiger partial charge on any atom is -0.0616 e. The lowest BCUT2D eigenvalue weighted by molar-refractivity contribution is 1.70. The van der Waals surface area contributed by atoms with Crippen molar-refractivity contribution in [3.63, 3.8) is 0 Å². The molecular weight excluding hydrogens is 384 g/mol. The molecule has 0 fully saturated rings. The van der Waals surface area contributed by atoms with Crippen LogP contribution < -0.4 is 0 Å². The summed E-state index contributed by atoms with van der Waals surface area (Å²) in [6.45, 7) is 0. The van der Waals surface area contributed by atoms with Gasteiger partial charge >= 0.3 is 0 Å². The quantitative estimate of drug-likeness (QED) is 0.221. The molecule has 0 saturated heterocycles. The monoisotopic (exact) mass is 404 g/mol. The van der Waals surface area contributed by atoms with Crippen LogP contribution in [0.5, 0.6) is 0 Å². The molecule has 6 aromatic rings. The third kappa shape index (κ3) is 2.44. The van der Waals surface area contributed by atoms with Gasteiger partial charge in [0.1, 0.15) is 0 Å². The van der Waals surface area contributed by atoms with Gasteiger partial charge in [-0.2, -0.15) is 0 Å². The van der Waals surface area contributed by atoms with Crippen LogP contribution in [0.25, 0.3) is 66.7 Å². The normalized spacial score (nSPS) is 12.2. The van der Waals surface area contributed by atoms with Crippen LogP contribution in [0.15, 0.2) is 109 Å². The van der Waals surface area contributed by atoms with E-state index < -0.39 is 0 Å². The Morgan fingerprint density at radius 3 is 1.69 bits per heavy atom. The van der Waals surface area contributed by atoms with Crippen molar-refractivity contribution in [1.29, 1.82) is 0 Å². The first kappa shape index (κ1) is 17.5. The molecule has 0 spiro atoms. The average Bonchev–Trinajstić information content (AvgIpc) is 3.42. The smallest absolute Gasteiger partial charge is 0.00264 e. The van der Waals surface area contributed by atoms with E-state index in [1.807, 2.05) is 0 Å². The van der Waals surface area contributed by atoms with Crippen molar-refractivity contribution in [2.45, 2.75) is 0 Å². The highest BCUT2D eigenvalue weighted by atomic mass is 14.2. The van der Waals surface area contributed by atoms with Crippen LogP contribution in [-0.4, -0.2) is 0 Å². The van der Waals surface area contributed by atoms with Gasteiger partial charge in [0.25, 0.3) is 0 Å². The van der Waals surface area contributed by atoms with Gasteiger partial charge in [0.05, 0.1) is 0 Å². The van der Waals surface area contributed by atoms with Gasteiger partial charge in [-0.05, 0) is 71.8 Å². The largest absolute Gasteiger partial charge is 0.0616 e. The maximum Gasteiger partial charge on any atom is -0.00264 e. The molecule has 0 aromatic heterocycles. The van der Waals surface area contributed by atoms with Crippen LogP contribution in [0.4, 0.5) is 0 Å². The fraction of sp³-hybridized carbons (Fsp3) is 0. The number of hydrogen-bond donors (Lipinski definition) is 0. The molecule has 0 aliphatic heterocycles. The van der Waals surface area contributed by atoms with Crippen molar-refractivity contribution in [1.82, 2.24) is 0 Å². The first-order valence-electron chi connectivity index (χ1n) is 11.1. The van der Waals surface area contributed by atoms with Gasteiger partial charge in [0.15, 0.2) is 0 Å². The van der Waals surface area contributed by atoms with Gasteiger partial charge in [-0.25, -0.2) is 0 Å². The fourth-order valence-electron chi connectivity index (χ4n) is 5.42. The molecule has 0 N–H and O–H groups in total. The van der Waals surface area contributed by atoms with Crippen molar-refractivity contribution in [2.24, 2.45) is 0 Å². The zero-order chi connectivity index (χ0) is 21.1. The highest BCUT2D eigenvalue weighted by molar-refractivity contribution is 6.17. The van der Waals surface area contributed by atoms with E-state index in [4.69, 9.17) is 0 Å². The fourth-order valence-corrected chi connectivity index (χ4v) is 5.42. The summed E-state index contributed by atoms with van der Waals surface area (Å²) in [5.41, 5.74) is 8.19. The highest BCUT2D eigenvalue weighted by Crippen LogP contribution is 2.46. The van der Waals surface area contributed by atoms with Gasteiger partial charge in [0, 0.05) is 0 Å². The standard InChI is InChI=1S/2C16H10/c1-2-8-13-12(7-1)14-9-3-5-11-6-4-10-15(13)16(11)14;1-2-6-14-12(4-1)10-13-9-8-11-5-3-7-15(14)16(11)13/h2*1-10H. The van der Waals surface area contributed by atoms with E-state index in [0.717, 1.165) is 0 Å². The van der Waals surface area contributed by atoms with E-state index in [1.54, 1.807) is 0 Å². The van der Waals surface area contributed by atoms with Crippen LogP contribution in [0.1, 0.15) is 11.1 Å². The second-order valence-electron chi connectivity index (χ2n) is 8.54. The second kappa shape index (κ2) is 6.67. The lowest BCUT2D eigenvalue weighted by atomic mass is 9.97. The van der Waals surface area contributed by atoms with E-state index in [9.17, 15) is 0 Å². The van der Waals surface area contributed by atoms with E-state index in [1.165, 1.54) is 65.7 Å². The van der Waals surface area contributed by atoms with Crippen molar-refractivity contribution in [3.8, 4) is 22.3 Å². The van der Waals surface area contributed by atoms with Gasteiger partial charge in [-0.3, -0.25) is 0 Å². The Bertz CT molecular complexity index is 1660. The third-order valence-corrected chi connectivity index (χ3v) is 6.80. The van der Waals surface area contributed by atoms with E-state index in [-0.39, 0.29) is 0 Å². The first-order valence-corrected chi connectivity index (χ1v) is 11.1. The number of rotatable bonds is 0. The molecule has 0 bridgehead atoms. The molecule has 2 aliphatic carbocycles. The summed E-state index contributed by atoms with van der Waals surface area (Å²) in [6, 6.07) is 39.2. The van der Waals surface area contributed by atoms with Crippen LogP contribution in [0, 0.1) is 0 Å². The molecule has 0 radical (unpaired) electrons. The average molecular weight is 405 g/mol. The van der Waals surface area contributed by atoms with Crippen LogP contribution >= 0.6 is 0 Å². The molecule has 8 rings (SSSR count). The minimum absolute atomic E-state index is 1.33. The SMILES string of the molecule is C1=Cc2cc3ccccc3c3cccc1c23.c1ccc2c(c1)-c1cccc3cccc-2c13. The summed E-state index contributed by atoms with van der Waals surface area (Å²) in [6.07, 6.45) is 4.42. The van der Waals surface area contributed by atoms with Crippen molar-refractivity contribution in [2.75, 3.05) is 0 Å². The third-order valence-electron chi connectivity index (χ3n) is 6.80. The second-order valence-corrected chi connectivity index (χ2v) is 8.54. The summed E-state index contributed by atoms with van der Waals surface area (Å²) >= 11 is 0. The minimum atomic E-state index is 1.33. The molecule has 6 aromatic carbocycles. The zero-order valence-corrected chi connectivity index (χ0v) is 17.5. The lowest BCUT2D eigenvalue weighted by Gasteiger charge is -2.06. The molecule has 0 atom stereocenters. The summed E-state index contributed by atoms with van der Waals surface area (Å²) in [7, 11) is 0. The molecular formula is C32H20. The molecule has 2 aliphatic rings. The summed E-state index contributed by atoms with van der Waals surface area (Å²) in [4.78, 5) is 0. The van der Waals surface area contributed by atoms with E-state index in [2.05, 4.69) is 121 Å². The molecule has 0 unspecified atom stereocenters. The maximum atomic E-state index is 2.28. The summed E-state index contributed by atoms with van der Waals surface area (Å²) in [5, 5.41) is 8.20. The van der Waals surface area contributed by atoms with Gasteiger partial charge in [-0.1, -0.05) is 115 Å². The Labute approximate surface area is 187 Å². The molecule has 0 heterocycles. The van der Waals surface area contributed by atoms with Crippen LogP contribution in [0.2, 0.25) is 0 Å². The molecule has 0 saturated carbocycles. The Morgan fingerprint density at radius 2 is 0.906 bits per heavy atom. The zero-order valence-electron chi connectivity index (χ0n) is 17.5. The van der Waals surface area contributed by atoms with E-state index in [0.29, 0.717) is 0 Å². The van der Waals surface area contributed by atoms with Gasteiger partial charge in [-0.15, -0.1) is 0 Å². The van der Waals surface area contributed by atoms with Crippen molar-refractivity contribution in [3.05, 3.63) is 120 Å². The molecule has 32 heavy (non-hydrogen) atoms. The van der Waals surface area contributed by atoms with Crippen LogP contribution in [0.3, 0.4) is 0 Å². The topological polar surface area (TPSA) is 0 Å². The predicted molar refractivity (Wildman–Crippen MR) is 139 cm³/mol. The van der Waals surface area contributed by atoms with Crippen LogP contribution in [-0.2, 0) is 0 Å². The molecule has 0 nitrogen and oxygen atoms in total. The van der Waals surface area contributed by atoms with Crippen molar-refractivity contribution >= 4 is 44.5 Å². The number of fused-ring (bicyclic) bond motifs is 5. The Hall–Kier alpha value is -4.16. The van der Waals surface area contributed by atoms with E-state index >= 15 is 0 Å². The van der Waals surface area contributed by atoms with Gasteiger partial charge in [0.2, 0.25) is 0 Å². The Morgan fingerprint density at radius 1 is 0.344 bits per heavy atom. The molecule has 0 heteroatoms. The summed E-state index contributed by atoms with van der Waals surface area (Å²) < 4.78 is 0. The number of benzene rings is 6. The summed E-state index contributed by atoms with van der Waals surface area (Å²) in [5.74, 6) is 0.